The molecule has 0 saturated heterocycles. The molecule has 186 valence electrons. The van der Waals surface area contributed by atoms with Crippen LogP contribution in [-0.4, -0.2) is 30.5 Å². The van der Waals surface area contributed by atoms with Crippen LogP contribution >= 0.6 is 27.5 Å². The smallest absolute Gasteiger partial charge is 0.329 e. The lowest BCUT2D eigenvalue weighted by molar-refractivity contribution is -0.136. The number of carbonyl (C=O) groups excluding carboxylic acids is 3. The zero-order chi connectivity index (χ0) is 26.2. The molecule has 0 aliphatic heterocycles. The fourth-order valence-corrected chi connectivity index (χ4v) is 3.72. The van der Waals surface area contributed by atoms with Crippen LogP contribution in [0.1, 0.15) is 22.3 Å². The maximum absolute atomic E-state index is 12.3. The Morgan fingerprint density at radius 1 is 0.944 bits per heavy atom. The second-order valence-corrected chi connectivity index (χ2v) is 9.23. The second-order valence-electron chi connectivity index (χ2n) is 7.90. The quantitative estimate of drug-likeness (QED) is 0.207. The van der Waals surface area contributed by atoms with E-state index in [0.29, 0.717) is 27.7 Å². The number of nitrogens with zero attached hydrogens (tertiary/aromatic N) is 1. The van der Waals surface area contributed by atoms with Gasteiger partial charge in [-0.05, 0) is 67.8 Å². The summed E-state index contributed by atoms with van der Waals surface area (Å²) < 4.78 is 6.37. The van der Waals surface area contributed by atoms with Gasteiger partial charge in [-0.25, -0.2) is 5.43 Å². The lowest BCUT2D eigenvalue weighted by Crippen LogP contribution is -2.32. The molecule has 0 saturated carbocycles. The highest BCUT2D eigenvalue weighted by Crippen LogP contribution is 2.23. The van der Waals surface area contributed by atoms with E-state index < -0.39 is 11.8 Å². The molecule has 0 aliphatic carbocycles. The number of hydrogen-bond acceptors (Lipinski definition) is 5. The number of halogens is 2. The number of benzene rings is 3. The predicted octanol–water partition coefficient (Wildman–Crippen LogP) is 5.13. The van der Waals surface area contributed by atoms with E-state index in [1.54, 1.807) is 36.4 Å². The standard InChI is InChI=1S/C26H24BrClN4O4/c1-15-7-9-20(12-21(15)28)30-23(33)14-36-22-10-8-19(27)11-18(22)13-29-32-26(35)25(34)31-24-16(2)5-4-6-17(24)3/h4-13H,14H2,1-3H3,(H,30,33)(H,31,34)(H,32,35)/b29-13-. The summed E-state index contributed by atoms with van der Waals surface area (Å²) in [5.74, 6) is -1.80. The van der Waals surface area contributed by atoms with E-state index in [1.165, 1.54) is 6.21 Å². The number of amides is 3. The Bertz CT molecular complexity index is 1320. The van der Waals surface area contributed by atoms with Gasteiger partial charge in [0.05, 0.1) is 6.21 Å². The third-order valence-electron chi connectivity index (χ3n) is 5.08. The molecule has 0 unspecified atom stereocenters. The molecule has 0 aliphatic rings. The van der Waals surface area contributed by atoms with E-state index in [0.717, 1.165) is 21.2 Å². The average molecular weight is 572 g/mol. The summed E-state index contributed by atoms with van der Waals surface area (Å²) >= 11 is 9.46. The van der Waals surface area contributed by atoms with Crippen LogP contribution in [0.4, 0.5) is 11.4 Å². The minimum absolute atomic E-state index is 0.265. The van der Waals surface area contributed by atoms with Gasteiger partial charge < -0.3 is 15.4 Å². The van der Waals surface area contributed by atoms with Crippen molar-refractivity contribution in [1.29, 1.82) is 0 Å². The SMILES string of the molecule is Cc1ccc(NC(=O)COc2ccc(Br)cc2/C=N\NC(=O)C(=O)Nc2c(C)cccc2C)cc1Cl. The Morgan fingerprint density at radius 2 is 1.67 bits per heavy atom. The zero-order valence-electron chi connectivity index (χ0n) is 19.8. The minimum Gasteiger partial charge on any atom is -0.483 e. The van der Waals surface area contributed by atoms with Crippen molar-refractivity contribution in [1.82, 2.24) is 5.43 Å². The summed E-state index contributed by atoms with van der Waals surface area (Å²) in [6.45, 7) is 5.28. The van der Waals surface area contributed by atoms with E-state index in [2.05, 4.69) is 37.1 Å². The first-order valence-corrected chi connectivity index (χ1v) is 12.0. The predicted molar refractivity (Wildman–Crippen MR) is 145 cm³/mol. The van der Waals surface area contributed by atoms with Gasteiger partial charge in [0, 0.05) is 26.4 Å². The molecule has 3 rings (SSSR count). The van der Waals surface area contributed by atoms with Crippen molar-refractivity contribution in [2.75, 3.05) is 17.2 Å². The molecule has 3 N–H and O–H groups in total. The van der Waals surface area contributed by atoms with Crippen molar-refractivity contribution in [3.8, 4) is 5.75 Å². The highest BCUT2D eigenvalue weighted by atomic mass is 79.9. The van der Waals surface area contributed by atoms with Gasteiger partial charge in [-0.2, -0.15) is 5.10 Å². The van der Waals surface area contributed by atoms with Crippen LogP contribution in [0.2, 0.25) is 5.02 Å². The molecule has 0 radical (unpaired) electrons. The lowest BCUT2D eigenvalue weighted by Gasteiger charge is -2.11. The van der Waals surface area contributed by atoms with E-state index in [4.69, 9.17) is 16.3 Å². The Morgan fingerprint density at radius 3 is 2.36 bits per heavy atom. The maximum Gasteiger partial charge on any atom is 0.329 e. The van der Waals surface area contributed by atoms with Crippen molar-refractivity contribution >= 4 is 62.8 Å². The number of para-hydroxylation sites is 1. The zero-order valence-corrected chi connectivity index (χ0v) is 22.2. The summed E-state index contributed by atoms with van der Waals surface area (Å²) in [6, 6.07) is 15.8. The molecule has 10 heteroatoms. The molecule has 0 bridgehead atoms. The molecule has 8 nitrogen and oxygen atoms in total. The minimum atomic E-state index is -0.928. The number of anilines is 2. The first-order chi connectivity index (χ1) is 17.1. The highest BCUT2D eigenvalue weighted by Gasteiger charge is 2.15. The number of ether oxygens (including phenoxy) is 1. The van der Waals surface area contributed by atoms with E-state index in [-0.39, 0.29) is 12.5 Å². The van der Waals surface area contributed by atoms with Crippen LogP contribution in [0, 0.1) is 20.8 Å². The number of nitrogens with one attached hydrogen (secondary N) is 3. The number of hydrazone groups is 1. The van der Waals surface area contributed by atoms with Crippen molar-refractivity contribution in [2.45, 2.75) is 20.8 Å². The van der Waals surface area contributed by atoms with Crippen molar-refractivity contribution in [3.05, 3.63) is 86.3 Å². The van der Waals surface area contributed by atoms with Gasteiger partial charge in [0.15, 0.2) is 6.61 Å². The number of carbonyl (C=O) groups is 3. The molecular weight excluding hydrogens is 548 g/mol. The highest BCUT2D eigenvalue weighted by molar-refractivity contribution is 9.10. The van der Waals surface area contributed by atoms with Gasteiger partial charge in [0.2, 0.25) is 0 Å². The third-order valence-corrected chi connectivity index (χ3v) is 5.98. The Labute approximate surface area is 222 Å². The summed E-state index contributed by atoms with van der Waals surface area (Å²) in [5.41, 5.74) is 6.39. The van der Waals surface area contributed by atoms with Gasteiger partial charge in [-0.1, -0.05) is 51.8 Å². The summed E-state index contributed by atoms with van der Waals surface area (Å²) in [6.07, 6.45) is 1.32. The average Bonchev–Trinajstić information content (AvgIpc) is 2.83. The van der Waals surface area contributed by atoms with Gasteiger partial charge in [0.25, 0.3) is 5.91 Å². The number of rotatable bonds is 7. The normalized spacial score (nSPS) is 10.7. The van der Waals surface area contributed by atoms with Crippen LogP contribution in [0.25, 0.3) is 0 Å². The molecule has 0 spiro atoms. The monoisotopic (exact) mass is 570 g/mol. The van der Waals surface area contributed by atoms with Gasteiger partial charge >= 0.3 is 11.8 Å². The van der Waals surface area contributed by atoms with Gasteiger partial charge in [-0.15, -0.1) is 0 Å². The molecule has 0 atom stereocenters. The topological polar surface area (TPSA) is 109 Å². The first kappa shape index (κ1) is 26.9. The largest absolute Gasteiger partial charge is 0.483 e. The first-order valence-electron chi connectivity index (χ1n) is 10.8. The van der Waals surface area contributed by atoms with E-state index in [1.807, 2.05) is 39.0 Å². The fraction of sp³-hybridized carbons (Fsp3) is 0.154. The summed E-state index contributed by atoms with van der Waals surface area (Å²) in [5, 5.41) is 9.72. The van der Waals surface area contributed by atoms with Crippen molar-refractivity contribution < 1.29 is 19.1 Å². The van der Waals surface area contributed by atoms with E-state index in [9.17, 15) is 14.4 Å². The van der Waals surface area contributed by atoms with E-state index >= 15 is 0 Å². The van der Waals surface area contributed by atoms with Crippen LogP contribution in [0.5, 0.6) is 5.75 Å². The maximum atomic E-state index is 12.3. The van der Waals surface area contributed by atoms with Crippen LogP contribution in [-0.2, 0) is 14.4 Å². The fourth-order valence-electron chi connectivity index (χ4n) is 3.16. The molecule has 0 heterocycles. The van der Waals surface area contributed by atoms with Crippen LogP contribution in [0.15, 0.2) is 64.2 Å². The molecule has 0 aromatic heterocycles. The number of aryl methyl sites for hydroxylation is 3. The van der Waals surface area contributed by atoms with Crippen LogP contribution < -0.4 is 20.8 Å². The molecule has 36 heavy (non-hydrogen) atoms. The Hall–Kier alpha value is -3.69. The van der Waals surface area contributed by atoms with Gasteiger partial charge in [-0.3, -0.25) is 14.4 Å². The van der Waals surface area contributed by atoms with Crippen molar-refractivity contribution in [3.63, 3.8) is 0 Å². The molecule has 3 aromatic rings. The lowest BCUT2D eigenvalue weighted by atomic mass is 10.1. The number of hydrogen-bond donors (Lipinski definition) is 3. The second kappa shape index (κ2) is 12.3. The van der Waals surface area contributed by atoms with Crippen LogP contribution in [0.3, 0.4) is 0 Å². The Kier molecular flexibility index (Phi) is 9.21. The molecule has 3 aromatic carbocycles. The molecular formula is C26H24BrClN4O4. The van der Waals surface area contributed by atoms with Crippen molar-refractivity contribution in [2.24, 2.45) is 5.10 Å². The summed E-state index contributed by atoms with van der Waals surface area (Å²) in [4.78, 5) is 36.8. The molecule has 3 amide bonds. The van der Waals surface area contributed by atoms with Gasteiger partial charge in [0.1, 0.15) is 5.75 Å². The third kappa shape index (κ3) is 7.40. The Balaban J connectivity index is 1.60. The summed E-state index contributed by atoms with van der Waals surface area (Å²) in [7, 11) is 0. The molecule has 0 fully saturated rings.